The lowest BCUT2D eigenvalue weighted by molar-refractivity contribution is 0.560. The van der Waals surface area contributed by atoms with Gasteiger partial charge >= 0.3 is 0 Å². The van der Waals surface area contributed by atoms with Crippen LogP contribution in [-0.2, 0) is 16.6 Å². The Labute approximate surface area is 109 Å². The van der Waals surface area contributed by atoms with Crippen molar-refractivity contribution >= 4 is 21.6 Å². The zero-order valence-corrected chi connectivity index (χ0v) is 10.8. The van der Waals surface area contributed by atoms with E-state index < -0.39 is 10.0 Å². The highest BCUT2D eigenvalue weighted by atomic mass is 35.5. The van der Waals surface area contributed by atoms with Crippen molar-refractivity contribution in [2.24, 2.45) is 0 Å². The van der Waals surface area contributed by atoms with E-state index in [1.807, 2.05) is 0 Å². The molecule has 2 heterocycles. The van der Waals surface area contributed by atoms with Gasteiger partial charge in [-0.2, -0.15) is 5.10 Å². The molecular weight excluding hydrogens is 278 g/mol. The molecule has 0 fully saturated rings. The van der Waals surface area contributed by atoms with Crippen molar-refractivity contribution in [3.63, 3.8) is 0 Å². The number of sulfonamides is 1. The zero-order valence-electron chi connectivity index (χ0n) is 9.19. The van der Waals surface area contributed by atoms with Crippen LogP contribution < -0.4 is 4.72 Å². The van der Waals surface area contributed by atoms with Gasteiger partial charge in [0.1, 0.15) is 4.90 Å². The minimum atomic E-state index is -3.61. The fourth-order valence-electron chi connectivity index (χ4n) is 1.25. The van der Waals surface area contributed by atoms with Gasteiger partial charge in [-0.3, -0.25) is 4.68 Å². The summed E-state index contributed by atoms with van der Waals surface area (Å²) in [7, 11) is -3.61. The lowest BCUT2D eigenvalue weighted by atomic mass is 10.6. The van der Waals surface area contributed by atoms with E-state index in [0.717, 1.165) is 12.4 Å². The monoisotopic (exact) mass is 287 g/mol. The number of hydrogen-bond donors (Lipinski definition) is 1. The maximum Gasteiger partial charge on any atom is 0.243 e. The summed E-state index contributed by atoms with van der Waals surface area (Å²) in [5, 5.41) is 3.96. The molecule has 0 saturated carbocycles. The number of nitrogens with zero attached hydrogens (tertiary/aromatic N) is 4. The van der Waals surface area contributed by atoms with Gasteiger partial charge in [-0.1, -0.05) is 0 Å². The Kier molecular flexibility index (Phi) is 3.90. The van der Waals surface area contributed by atoms with Crippen LogP contribution in [0.1, 0.15) is 0 Å². The van der Waals surface area contributed by atoms with E-state index in [4.69, 9.17) is 11.6 Å². The summed E-state index contributed by atoms with van der Waals surface area (Å²) >= 11 is 5.48. The standard InChI is InChI=1S/C9H10ClN5O2S/c10-9-11-6-8(7-12-9)18(16,17)14-3-5-15-4-1-2-13-15/h1-2,4,6-7,14H,3,5H2. The fourth-order valence-corrected chi connectivity index (χ4v) is 2.26. The molecule has 0 saturated heterocycles. The van der Waals surface area contributed by atoms with Crippen LogP contribution in [0.2, 0.25) is 5.28 Å². The van der Waals surface area contributed by atoms with Crippen LogP contribution in [-0.4, -0.2) is 34.7 Å². The van der Waals surface area contributed by atoms with Gasteiger partial charge in [0.05, 0.1) is 18.9 Å². The molecule has 0 aliphatic heterocycles. The summed E-state index contributed by atoms with van der Waals surface area (Å²) < 4.78 is 27.7. The topological polar surface area (TPSA) is 89.8 Å². The van der Waals surface area contributed by atoms with Crippen LogP contribution in [0.4, 0.5) is 0 Å². The largest absolute Gasteiger partial charge is 0.271 e. The van der Waals surface area contributed by atoms with Gasteiger partial charge in [-0.05, 0) is 17.7 Å². The number of halogens is 1. The van der Waals surface area contributed by atoms with Crippen molar-refractivity contribution in [3.05, 3.63) is 36.1 Å². The molecule has 9 heteroatoms. The Morgan fingerprint density at radius 1 is 1.33 bits per heavy atom. The Balaban J connectivity index is 1.97. The van der Waals surface area contributed by atoms with Gasteiger partial charge in [0.15, 0.2) is 0 Å². The second-order valence-electron chi connectivity index (χ2n) is 3.35. The van der Waals surface area contributed by atoms with Gasteiger partial charge in [0, 0.05) is 18.9 Å². The van der Waals surface area contributed by atoms with E-state index in [0.29, 0.717) is 6.54 Å². The van der Waals surface area contributed by atoms with Gasteiger partial charge in [0.2, 0.25) is 15.3 Å². The number of hydrogen-bond acceptors (Lipinski definition) is 5. The maximum absolute atomic E-state index is 11.8. The Morgan fingerprint density at radius 3 is 2.67 bits per heavy atom. The molecule has 0 unspecified atom stereocenters. The summed E-state index contributed by atoms with van der Waals surface area (Å²) in [6.07, 6.45) is 5.69. The third kappa shape index (κ3) is 3.25. The highest BCUT2D eigenvalue weighted by Crippen LogP contribution is 2.07. The van der Waals surface area contributed by atoms with Crippen LogP contribution in [0.3, 0.4) is 0 Å². The third-order valence-electron chi connectivity index (χ3n) is 2.10. The van der Waals surface area contributed by atoms with Gasteiger partial charge in [0.25, 0.3) is 0 Å². The predicted molar refractivity (Wildman–Crippen MR) is 64.5 cm³/mol. The summed E-state index contributed by atoms with van der Waals surface area (Å²) in [6.45, 7) is 0.674. The number of rotatable bonds is 5. The molecular formula is C9H10ClN5O2S. The zero-order chi connectivity index (χ0) is 13.0. The molecule has 0 amide bonds. The molecule has 2 aromatic rings. The molecule has 96 valence electrons. The third-order valence-corrected chi connectivity index (χ3v) is 3.71. The van der Waals surface area contributed by atoms with Crippen molar-refractivity contribution in [2.45, 2.75) is 11.4 Å². The molecule has 0 bridgehead atoms. The van der Waals surface area contributed by atoms with E-state index in [9.17, 15) is 8.42 Å². The average Bonchev–Trinajstić information content (AvgIpc) is 2.82. The summed E-state index contributed by atoms with van der Waals surface area (Å²) in [6, 6.07) is 1.77. The second-order valence-corrected chi connectivity index (χ2v) is 5.46. The average molecular weight is 288 g/mol. The minimum Gasteiger partial charge on any atom is -0.271 e. The summed E-state index contributed by atoms with van der Waals surface area (Å²) in [5.41, 5.74) is 0. The van der Waals surface area contributed by atoms with Crippen molar-refractivity contribution in [1.82, 2.24) is 24.5 Å². The molecule has 2 rings (SSSR count). The summed E-state index contributed by atoms with van der Waals surface area (Å²) in [5.74, 6) is 0. The second kappa shape index (κ2) is 5.42. The van der Waals surface area contributed by atoms with Crippen molar-refractivity contribution in [1.29, 1.82) is 0 Å². The quantitative estimate of drug-likeness (QED) is 0.799. The predicted octanol–water partition coefficient (Wildman–Crippen LogP) is 0.305. The lowest BCUT2D eigenvalue weighted by Gasteiger charge is -2.06. The highest BCUT2D eigenvalue weighted by Gasteiger charge is 2.14. The summed E-state index contributed by atoms with van der Waals surface area (Å²) in [4.78, 5) is 7.22. The molecule has 7 nitrogen and oxygen atoms in total. The minimum absolute atomic E-state index is 0.00508. The normalized spacial score (nSPS) is 11.6. The first-order valence-corrected chi connectivity index (χ1v) is 6.89. The molecule has 0 radical (unpaired) electrons. The van der Waals surface area contributed by atoms with Gasteiger partial charge in [-0.15, -0.1) is 0 Å². The van der Waals surface area contributed by atoms with Crippen molar-refractivity contribution in [3.8, 4) is 0 Å². The Morgan fingerprint density at radius 2 is 2.06 bits per heavy atom. The molecule has 0 aliphatic rings. The first-order valence-electron chi connectivity index (χ1n) is 5.02. The molecule has 0 atom stereocenters. The van der Waals surface area contributed by atoms with E-state index in [1.54, 1.807) is 23.1 Å². The molecule has 18 heavy (non-hydrogen) atoms. The van der Waals surface area contributed by atoms with Crippen LogP contribution in [0.5, 0.6) is 0 Å². The maximum atomic E-state index is 11.8. The molecule has 1 N–H and O–H groups in total. The number of aromatic nitrogens is 4. The van der Waals surface area contributed by atoms with Gasteiger partial charge < -0.3 is 0 Å². The van der Waals surface area contributed by atoms with Crippen LogP contribution >= 0.6 is 11.6 Å². The van der Waals surface area contributed by atoms with E-state index >= 15 is 0 Å². The fraction of sp³-hybridized carbons (Fsp3) is 0.222. The van der Waals surface area contributed by atoms with Crippen LogP contribution in [0.15, 0.2) is 35.7 Å². The Bertz CT molecular complexity index is 596. The molecule has 0 aromatic carbocycles. The van der Waals surface area contributed by atoms with E-state index in [-0.39, 0.29) is 16.7 Å². The van der Waals surface area contributed by atoms with Crippen molar-refractivity contribution < 1.29 is 8.42 Å². The number of nitrogens with one attached hydrogen (secondary N) is 1. The first-order chi connectivity index (χ1) is 8.58. The van der Waals surface area contributed by atoms with Crippen LogP contribution in [0.25, 0.3) is 0 Å². The van der Waals surface area contributed by atoms with E-state index in [1.165, 1.54) is 0 Å². The molecule has 0 aliphatic carbocycles. The SMILES string of the molecule is O=S(=O)(NCCn1cccn1)c1cnc(Cl)nc1. The van der Waals surface area contributed by atoms with Crippen molar-refractivity contribution in [2.75, 3.05) is 6.54 Å². The smallest absolute Gasteiger partial charge is 0.243 e. The van der Waals surface area contributed by atoms with Gasteiger partial charge in [-0.25, -0.2) is 23.1 Å². The van der Waals surface area contributed by atoms with Crippen LogP contribution in [0, 0.1) is 0 Å². The first kappa shape index (κ1) is 12.9. The molecule has 2 aromatic heterocycles. The Hall–Kier alpha value is -1.51. The molecule has 0 spiro atoms. The van der Waals surface area contributed by atoms with E-state index in [2.05, 4.69) is 19.8 Å². The lowest BCUT2D eigenvalue weighted by Crippen LogP contribution is -2.27. The highest BCUT2D eigenvalue weighted by molar-refractivity contribution is 7.89.